The molecule has 0 aliphatic heterocycles. The topological polar surface area (TPSA) is 56.8 Å². The average molecular weight is 237 g/mol. The zero-order valence-corrected chi connectivity index (χ0v) is 9.05. The molecular formula is C11H6ClFN2O. The van der Waals surface area contributed by atoms with Crippen molar-refractivity contribution >= 4 is 17.7 Å². The predicted molar refractivity (Wildman–Crippen MR) is 57.2 cm³/mol. The Morgan fingerprint density at radius 1 is 1.44 bits per heavy atom. The molecule has 0 spiro atoms. The van der Waals surface area contributed by atoms with Crippen molar-refractivity contribution in [3.8, 4) is 17.9 Å². The maximum absolute atomic E-state index is 13.2. The molecule has 0 atom stereocenters. The monoisotopic (exact) mass is 236 g/mol. The molecule has 0 radical (unpaired) electrons. The van der Waals surface area contributed by atoms with Crippen molar-refractivity contribution in [3.05, 3.63) is 34.1 Å². The van der Waals surface area contributed by atoms with Gasteiger partial charge in [-0.25, -0.2) is 4.39 Å². The molecule has 0 N–H and O–H groups in total. The molecule has 0 saturated carbocycles. The predicted octanol–water partition coefficient (Wildman–Crippen LogP) is 2.92. The van der Waals surface area contributed by atoms with Crippen molar-refractivity contribution in [2.24, 2.45) is 0 Å². The van der Waals surface area contributed by atoms with Crippen molar-refractivity contribution in [1.82, 2.24) is 0 Å². The quantitative estimate of drug-likeness (QED) is 0.742. The minimum atomic E-state index is -0.635. The third-order valence-electron chi connectivity index (χ3n) is 1.84. The zero-order chi connectivity index (χ0) is 12.1. The normalized spacial score (nSPS) is 8.81. The molecule has 0 aliphatic rings. The molecule has 0 fully saturated rings. The molecule has 0 aromatic heterocycles. The summed E-state index contributed by atoms with van der Waals surface area (Å²) in [4.78, 5) is 0. The largest absolute Gasteiger partial charge is 0.496 e. The molecule has 0 bridgehead atoms. The summed E-state index contributed by atoms with van der Waals surface area (Å²) in [5.41, 5.74) is 0.00747. The standard InChI is InChI=1S/C11H6ClFN2O/c1-16-10-3-2-9(13)11(12)8(10)4-7(5-14)6-15/h2-4H,1H3. The lowest BCUT2D eigenvalue weighted by atomic mass is 10.1. The third kappa shape index (κ3) is 2.31. The summed E-state index contributed by atoms with van der Waals surface area (Å²) in [6, 6.07) is 5.85. The minimum absolute atomic E-state index is 0.175. The van der Waals surface area contributed by atoms with E-state index in [1.807, 2.05) is 0 Å². The van der Waals surface area contributed by atoms with E-state index in [0.717, 1.165) is 6.07 Å². The van der Waals surface area contributed by atoms with Gasteiger partial charge in [0, 0.05) is 5.56 Å². The summed E-state index contributed by atoms with van der Waals surface area (Å²) in [5, 5.41) is 17.0. The van der Waals surface area contributed by atoms with Gasteiger partial charge in [-0.15, -0.1) is 0 Å². The Kier molecular flexibility index (Phi) is 3.88. The average Bonchev–Trinajstić information content (AvgIpc) is 2.31. The van der Waals surface area contributed by atoms with Crippen LogP contribution in [0.4, 0.5) is 4.39 Å². The Hall–Kier alpha value is -2.04. The fourth-order valence-electron chi connectivity index (χ4n) is 1.09. The van der Waals surface area contributed by atoms with Gasteiger partial charge in [0.2, 0.25) is 0 Å². The summed E-state index contributed by atoms with van der Waals surface area (Å²) >= 11 is 5.72. The molecular weight excluding hydrogens is 231 g/mol. The van der Waals surface area contributed by atoms with E-state index in [1.54, 1.807) is 12.1 Å². The summed E-state index contributed by atoms with van der Waals surface area (Å²) in [7, 11) is 1.39. The molecule has 0 unspecified atom stereocenters. The van der Waals surface area contributed by atoms with Crippen LogP contribution >= 0.6 is 11.6 Å². The maximum Gasteiger partial charge on any atom is 0.142 e. The highest BCUT2D eigenvalue weighted by molar-refractivity contribution is 6.32. The van der Waals surface area contributed by atoms with Crippen LogP contribution in [0.5, 0.6) is 5.75 Å². The lowest BCUT2D eigenvalue weighted by Crippen LogP contribution is -1.91. The number of hydrogen-bond acceptors (Lipinski definition) is 3. The molecule has 0 saturated heterocycles. The van der Waals surface area contributed by atoms with E-state index in [4.69, 9.17) is 26.9 Å². The van der Waals surface area contributed by atoms with E-state index < -0.39 is 5.82 Å². The van der Waals surface area contributed by atoms with Gasteiger partial charge < -0.3 is 4.74 Å². The number of halogens is 2. The SMILES string of the molecule is COc1ccc(F)c(Cl)c1C=C(C#N)C#N. The van der Waals surface area contributed by atoms with Crippen molar-refractivity contribution in [2.75, 3.05) is 7.11 Å². The van der Waals surface area contributed by atoms with E-state index in [0.29, 0.717) is 5.75 Å². The molecule has 1 aromatic rings. The minimum Gasteiger partial charge on any atom is -0.496 e. The van der Waals surface area contributed by atoms with Crippen molar-refractivity contribution in [3.63, 3.8) is 0 Å². The first-order valence-corrected chi connectivity index (χ1v) is 4.55. The zero-order valence-electron chi connectivity index (χ0n) is 8.29. The highest BCUT2D eigenvalue weighted by Crippen LogP contribution is 2.30. The number of hydrogen-bond donors (Lipinski definition) is 0. The van der Waals surface area contributed by atoms with Crippen LogP contribution in [-0.2, 0) is 0 Å². The highest BCUT2D eigenvalue weighted by Gasteiger charge is 2.11. The second kappa shape index (κ2) is 5.16. The molecule has 1 rings (SSSR count). The summed E-state index contributed by atoms with van der Waals surface area (Å²) in [6.45, 7) is 0. The van der Waals surface area contributed by atoms with Crippen molar-refractivity contribution in [2.45, 2.75) is 0 Å². The van der Waals surface area contributed by atoms with E-state index >= 15 is 0 Å². The lowest BCUT2D eigenvalue weighted by Gasteiger charge is -2.06. The second-order valence-electron chi connectivity index (χ2n) is 2.76. The maximum atomic E-state index is 13.2. The van der Waals surface area contributed by atoms with Gasteiger partial charge in [-0.05, 0) is 18.2 Å². The van der Waals surface area contributed by atoms with Crippen LogP contribution in [0.15, 0.2) is 17.7 Å². The van der Waals surface area contributed by atoms with Crippen LogP contribution in [-0.4, -0.2) is 7.11 Å². The highest BCUT2D eigenvalue weighted by atomic mass is 35.5. The molecule has 3 nitrogen and oxygen atoms in total. The Bertz CT molecular complexity index is 510. The van der Waals surface area contributed by atoms with Gasteiger partial charge in [-0.3, -0.25) is 0 Å². The number of rotatable bonds is 2. The van der Waals surface area contributed by atoms with Gasteiger partial charge in [-0.2, -0.15) is 10.5 Å². The molecule has 0 aliphatic carbocycles. The van der Waals surface area contributed by atoms with Crippen molar-refractivity contribution in [1.29, 1.82) is 10.5 Å². The first-order valence-electron chi connectivity index (χ1n) is 4.18. The van der Waals surface area contributed by atoms with Gasteiger partial charge in [0.1, 0.15) is 29.3 Å². The number of ether oxygens (including phenoxy) is 1. The molecule has 0 amide bonds. The number of nitriles is 2. The van der Waals surface area contributed by atoms with Crippen LogP contribution in [0, 0.1) is 28.5 Å². The van der Waals surface area contributed by atoms with Gasteiger partial charge in [0.05, 0.1) is 12.1 Å². The van der Waals surface area contributed by atoms with E-state index in [-0.39, 0.29) is 16.2 Å². The molecule has 80 valence electrons. The van der Waals surface area contributed by atoms with Gasteiger partial charge in [0.15, 0.2) is 0 Å². The molecule has 1 aromatic carbocycles. The lowest BCUT2D eigenvalue weighted by molar-refractivity contribution is 0.412. The Labute approximate surface area is 96.9 Å². The first kappa shape index (κ1) is 12.0. The molecule has 16 heavy (non-hydrogen) atoms. The van der Waals surface area contributed by atoms with Gasteiger partial charge in [-0.1, -0.05) is 11.6 Å². The van der Waals surface area contributed by atoms with Crippen LogP contribution in [0.1, 0.15) is 5.56 Å². The van der Waals surface area contributed by atoms with Crippen LogP contribution in [0.2, 0.25) is 5.02 Å². The van der Waals surface area contributed by atoms with Gasteiger partial charge >= 0.3 is 0 Å². The smallest absolute Gasteiger partial charge is 0.142 e. The Balaban J connectivity index is 3.44. The van der Waals surface area contributed by atoms with Crippen LogP contribution < -0.4 is 4.74 Å². The fourth-order valence-corrected chi connectivity index (χ4v) is 1.31. The third-order valence-corrected chi connectivity index (χ3v) is 2.23. The van der Waals surface area contributed by atoms with Crippen LogP contribution in [0.3, 0.4) is 0 Å². The number of methoxy groups -OCH3 is 1. The van der Waals surface area contributed by atoms with E-state index in [1.165, 1.54) is 19.3 Å². The summed E-state index contributed by atoms with van der Waals surface area (Å²) in [6.07, 6.45) is 1.18. The van der Waals surface area contributed by atoms with Crippen molar-refractivity contribution < 1.29 is 9.13 Å². The van der Waals surface area contributed by atoms with E-state index in [9.17, 15) is 4.39 Å². The first-order chi connectivity index (χ1) is 7.63. The molecule has 5 heteroatoms. The van der Waals surface area contributed by atoms with E-state index in [2.05, 4.69) is 0 Å². The Morgan fingerprint density at radius 3 is 2.56 bits per heavy atom. The van der Waals surface area contributed by atoms with Gasteiger partial charge in [0.25, 0.3) is 0 Å². The summed E-state index contributed by atoms with van der Waals surface area (Å²) in [5.74, 6) is -0.335. The summed E-state index contributed by atoms with van der Waals surface area (Å²) < 4.78 is 18.1. The fraction of sp³-hybridized carbons (Fsp3) is 0.0909. The van der Waals surface area contributed by atoms with Crippen LogP contribution in [0.25, 0.3) is 6.08 Å². The Morgan fingerprint density at radius 2 is 2.06 bits per heavy atom. The number of allylic oxidation sites excluding steroid dienone is 1. The number of benzene rings is 1. The second-order valence-corrected chi connectivity index (χ2v) is 3.14. The molecule has 0 heterocycles. The number of nitrogens with zero attached hydrogens (tertiary/aromatic N) is 2.